The molecular formula is C29H33N3O5S. The van der Waals surface area contributed by atoms with E-state index < -0.39 is 10.0 Å². The molecule has 0 unspecified atom stereocenters. The highest BCUT2D eigenvalue weighted by atomic mass is 32.2. The van der Waals surface area contributed by atoms with E-state index in [0.717, 1.165) is 60.9 Å². The van der Waals surface area contributed by atoms with Gasteiger partial charge in [0.1, 0.15) is 6.10 Å². The van der Waals surface area contributed by atoms with Crippen molar-refractivity contribution in [1.29, 1.82) is 0 Å². The summed E-state index contributed by atoms with van der Waals surface area (Å²) in [4.78, 5) is 19.4. The lowest BCUT2D eigenvalue weighted by atomic mass is 9.94. The Morgan fingerprint density at radius 2 is 1.76 bits per heavy atom. The van der Waals surface area contributed by atoms with Gasteiger partial charge in [-0.25, -0.2) is 13.2 Å². The predicted octanol–water partition coefficient (Wildman–Crippen LogP) is 4.42. The zero-order valence-electron chi connectivity index (χ0n) is 21.5. The van der Waals surface area contributed by atoms with E-state index in [1.807, 2.05) is 18.3 Å². The Morgan fingerprint density at radius 3 is 2.47 bits per heavy atom. The summed E-state index contributed by atoms with van der Waals surface area (Å²) in [7, 11) is -3.53. The van der Waals surface area contributed by atoms with Crippen molar-refractivity contribution in [2.45, 2.75) is 49.5 Å². The summed E-state index contributed by atoms with van der Waals surface area (Å²) < 4.78 is 38.4. The maximum atomic E-state index is 13.0. The third kappa shape index (κ3) is 5.02. The minimum Gasteiger partial charge on any atom is -0.446 e. The molecule has 1 saturated carbocycles. The summed E-state index contributed by atoms with van der Waals surface area (Å²) in [5.74, 6) is 0. The van der Waals surface area contributed by atoms with E-state index in [2.05, 4.69) is 18.2 Å². The van der Waals surface area contributed by atoms with Gasteiger partial charge in [0.2, 0.25) is 10.0 Å². The number of allylic oxidation sites excluding steroid dienone is 2. The van der Waals surface area contributed by atoms with Crippen LogP contribution in [-0.2, 0) is 25.9 Å². The molecule has 1 aromatic carbocycles. The summed E-state index contributed by atoms with van der Waals surface area (Å²) in [6, 6.07) is 9.19. The average molecular weight is 536 g/mol. The van der Waals surface area contributed by atoms with Crippen molar-refractivity contribution < 1.29 is 22.7 Å². The van der Waals surface area contributed by atoms with Crippen molar-refractivity contribution >= 4 is 21.7 Å². The molecule has 1 amide bonds. The van der Waals surface area contributed by atoms with E-state index in [4.69, 9.17) is 14.5 Å². The first-order valence-corrected chi connectivity index (χ1v) is 15.0. The maximum Gasteiger partial charge on any atom is 0.410 e. The Labute approximate surface area is 224 Å². The van der Waals surface area contributed by atoms with E-state index >= 15 is 0 Å². The van der Waals surface area contributed by atoms with Gasteiger partial charge < -0.3 is 14.4 Å². The second-order valence-electron chi connectivity index (χ2n) is 10.3. The van der Waals surface area contributed by atoms with Crippen molar-refractivity contribution in [2.75, 3.05) is 39.4 Å². The second kappa shape index (κ2) is 10.6. The number of carbonyl (C=O) groups is 1. The lowest BCUT2D eigenvalue weighted by Gasteiger charge is -2.28. The number of morpholine rings is 1. The van der Waals surface area contributed by atoms with Crippen LogP contribution in [0.1, 0.15) is 43.4 Å². The fourth-order valence-electron chi connectivity index (χ4n) is 5.72. The molecule has 200 valence electrons. The molecule has 1 aromatic heterocycles. The topological polar surface area (TPSA) is 89.0 Å². The van der Waals surface area contributed by atoms with Gasteiger partial charge in [0, 0.05) is 49.9 Å². The molecule has 0 bridgehead atoms. The summed E-state index contributed by atoms with van der Waals surface area (Å²) >= 11 is 0. The number of pyridine rings is 1. The second-order valence-corrected chi connectivity index (χ2v) is 12.2. The molecule has 1 saturated heterocycles. The van der Waals surface area contributed by atoms with Crippen LogP contribution in [0.2, 0.25) is 0 Å². The zero-order chi connectivity index (χ0) is 26.1. The molecule has 0 atom stereocenters. The molecule has 2 aromatic rings. The summed E-state index contributed by atoms with van der Waals surface area (Å²) in [5, 5.41) is 0. The average Bonchev–Trinajstić information content (AvgIpc) is 3.63. The smallest absolute Gasteiger partial charge is 0.410 e. The van der Waals surface area contributed by atoms with Crippen LogP contribution < -0.4 is 0 Å². The van der Waals surface area contributed by atoms with Crippen molar-refractivity contribution in [3.05, 3.63) is 65.5 Å². The number of aromatic nitrogens is 1. The first-order chi connectivity index (χ1) is 18.5. The van der Waals surface area contributed by atoms with Gasteiger partial charge in [-0.3, -0.25) is 4.98 Å². The van der Waals surface area contributed by atoms with E-state index in [1.165, 1.54) is 15.5 Å². The SMILES string of the molecule is O=C(OC1CCCC1)N1CC=C(C2=CCc3ncc(-c4ccc(S(=O)(=O)N5CCOCC5)cc4)cc32)CC1. The molecular weight excluding hydrogens is 502 g/mol. The fourth-order valence-corrected chi connectivity index (χ4v) is 7.13. The van der Waals surface area contributed by atoms with Gasteiger partial charge in [-0.05, 0) is 67.0 Å². The van der Waals surface area contributed by atoms with Gasteiger partial charge in [0.15, 0.2) is 0 Å². The quantitative estimate of drug-likeness (QED) is 0.563. The van der Waals surface area contributed by atoms with Crippen LogP contribution >= 0.6 is 0 Å². The largest absolute Gasteiger partial charge is 0.446 e. The molecule has 0 radical (unpaired) electrons. The highest BCUT2D eigenvalue weighted by molar-refractivity contribution is 7.89. The van der Waals surface area contributed by atoms with Crippen LogP contribution in [0.3, 0.4) is 0 Å². The van der Waals surface area contributed by atoms with Crippen LogP contribution in [0.25, 0.3) is 16.7 Å². The molecule has 38 heavy (non-hydrogen) atoms. The van der Waals surface area contributed by atoms with Crippen molar-refractivity contribution in [3.8, 4) is 11.1 Å². The Hall–Kier alpha value is -3.01. The third-order valence-corrected chi connectivity index (χ3v) is 9.85. The number of nitrogens with zero attached hydrogens (tertiary/aromatic N) is 3. The van der Waals surface area contributed by atoms with E-state index in [9.17, 15) is 13.2 Å². The van der Waals surface area contributed by atoms with Crippen LogP contribution in [0.5, 0.6) is 0 Å². The normalized spacial score (nSPS) is 20.7. The van der Waals surface area contributed by atoms with Gasteiger partial charge >= 0.3 is 6.09 Å². The molecule has 8 nitrogen and oxygen atoms in total. The number of carbonyl (C=O) groups excluding carboxylic acids is 1. The Kier molecular flexibility index (Phi) is 7.07. The summed E-state index contributed by atoms with van der Waals surface area (Å²) in [6.07, 6.45) is 11.9. The first kappa shape index (κ1) is 25.3. The van der Waals surface area contributed by atoms with Crippen LogP contribution in [0, 0.1) is 0 Å². The van der Waals surface area contributed by atoms with Gasteiger partial charge in [-0.15, -0.1) is 0 Å². The van der Waals surface area contributed by atoms with Crippen LogP contribution in [-0.4, -0.2) is 74.2 Å². The van der Waals surface area contributed by atoms with Crippen LogP contribution in [0.15, 0.2) is 59.1 Å². The number of amides is 1. The minimum atomic E-state index is -3.53. The Morgan fingerprint density at radius 1 is 1.00 bits per heavy atom. The van der Waals surface area contributed by atoms with E-state index in [-0.39, 0.29) is 12.2 Å². The first-order valence-electron chi connectivity index (χ1n) is 13.5. The molecule has 2 fully saturated rings. The molecule has 2 aliphatic heterocycles. The standard InChI is InChI=1S/C29H33N3O5S/c33-29(37-24-3-1-2-4-24)31-13-11-22(12-14-31)26-9-10-28-27(26)19-23(20-30-28)21-5-7-25(8-6-21)38(34,35)32-15-17-36-18-16-32/h5-9,11,19-20,24H,1-4,10,12-18H2. The molecule has 0 N–H and O–H groups in total. The Balaban J connectivity index is 1.16. The molecule has 4 aliphatic rings. The lowest BCUT2D eigenvalue weighted by molar-refractivity contribution is 0.0676. The fraction of sp³-hybridized carbons (Fsp3) is 0.448. The molecule has 0 spiro atoms. The highest BCUT2D eigenvalue weighted by Crippen LogP contribution is 2.37. The molecule has 6 rings (SSSR count). The van der Waals surface area contributed by atoms with Crippen molar-refractivity contribution in [3.63, 3.8) is 0 Å². The van der Waals surface area contributed by atoms with Gasteiger partial charge in [-0.2, -0.15) is 4.31 Å². The van der Waals surface area contributed by atoms with Crippen molar-refractivity contribution in [1.82, 2.24) is 14.2 Å². The van der Waals surface area contributed by atoms with Crippen LogP contribution in [0.4, 0.5) is 4.79 Å². The summed E-state index contributed by atoms with van der Waals surface area (Å²) in [5.41, 5.74) is 6.44. The van der Waals surface area contributed by atoms with Crippen molar-refractivity contribution in [2.24, 2.45) is 0 Å². The predicted molar refractivity (Wildman–Crippen MR) is 144 cm³/mol. The third-order valence-electron chi connectivity index (χ3n) is 7.94. The molecule has 9 heteroatoms. The number of hydrogen-bond donors (Lipinski definition) is 0. The van der Waals surface area contributed by atoms with Gasteiger partial charge in [0.25, 0.3) is 0 Å². The number of rotatable bonds is 5. The summed E-state index contributed by atoms with van der Waals surface area (Å²) in [6.45, 7) is 2.81. The molecule has 2 aliphatic carbocycles. The highest BCUT2D eigenvalue weighted by Gasteiger charge is 2.28. The number of sulfonamides is 1. The number of hydrogen-bond acceptors (Lipinski definition) is 6. The number of ether oxygens (including phenoxy) is 2. The Bertz CT molecular complexity index is 1370. The van der Waals surface area contributed by atoms with E-state index in [1.54, 1.807) is 17.0 Å². The minimum absolute atomic E-state index is 0.0790. The monoisotopic (exact) mass is 535 g/mol. The van der Waals surface area contributed by atoms with Gasteiger partial charge in [0.05, 0.1) is 23.8 Å². The number of benzene rings is 1. The lowest BCUT2D eigenvalue weighted by Crippen LogP contribution is -2.40. The molecule has 3 heterocycles. The maximum absolute atomic E-state index is 13.0. The zero-order valence-corrected chi connectivity index (χ0v) is 22.3. The van der Waals surface area contributed by atoms with E-state index in [0.29, 0.717) is 44.3 Å². The van der Waals surface area contributed by atoms with Gasteiger partial charge in [-0.1, -0.05) is 24.3 Å². The number of fused-ring (bicyclic) bond motifs is 1.